The van der Waals surface area contributed by atoms with Crippen LogP contribution in [0.1, 0.15) is 22.0 Å². The fraction of sp³-hybridized carbons (Fsp3) is 0.333. The number of carbonyl (C=O) groups is 1. The van der Waals surface area contributed by atoms with Gasteiger partial charge >= 0.3 is 0 Å². The number of likely N-dealkylation sites (tertiary alicyclic amines) is 1. The lowest BCUT2D eigenvalue weighted by atomic mass is 10.1. The van der Waals surface area contributed by atoms with E-state index in [1.165, 1.54) is 0 Å². The fourth-order valence-corrected chi connectivity index (χ4v) is 2.69. The second kappa shape index (κ2) is 5.52. The third kappa shape index (κ3) is 2.53. The average molecular weight is 324 g/mol. The van der Waals surface area contributed by atoms with Crippen LogP contribution in [0.25, 0.3) is 5.78 Å². The highest BCUT2D eigenvalue weighted by Crippen LogP contribution is 2.15. The molecule has 1 N–H and O–H groups in total. The monoisotopic (exact) mass is 324 g/mol. The Morgan fingerprint density at radius 2 is 1.96 bits per heavy atom. The van der Waals surface area contributed by atoms with Crippen molar-refractivity contribution in [2.45, 2.75) is 19.9 Å². The maximum atomic E-state index is 12.5. The van der Waals surface area contributed by atoms with Gasteiger partial charge in [-0.1, -0.05) is 0 Å². The molecule has 0 atom stereocenters. The summed E-state index contributed by atoms with van der Waals surface area (Å²) in [5.41, 5.74) is 1.75. The molecule has 1 saturated heterocycles. The molecule has 0 aliphatic carbocycles. The average Bonchev–Trinajstić information content (AvgIpc) is 2.95. The van der Waals surface area contributed by atoms with E-state index in [4.69, 9.17) is 0 Å². The molecule has 1 fully saturated rings. The van der Waals surface area contributed by atoms with Crippen LogP contribution in [0.15, 0.2) is 24.5 Å². The van der Waals surface area contributed by atoms with Gasteiger partial charge < -0.3 is 10.2 Å². The molecule has 122 valence electrons. The second-order valence-electron chi connectivity index (χ2n) is 5.81. The summed E-state index contributed by atoms with van der Waals surface area (Å²) in [6.45, 7) is 4.94. The van der Waals surface area contributed by atoms with E-state index in [2.05, 4.69) is 30.4 Å². The Morgan fingerprint density at radius 3 is 2.71 bits per heavy atom. The van der Waals surface area contributed by atoms with Crippen LogP contribution in [0.3, 0.4) is 0 Å². The van der Waals surface area contributed by atoms with Gasteiger partial charge in [0.15, 0.2) is 0 Å². The van der Waals surface area contributed by atoms with Gasteiger partial charge in [-0.2, -0.15) is 4.98 Å². The molecule has 1 amide bonds. The molecule has 1 aliphatic heterocycles. The molecule has 9 nitrogen and oxygen atoms in total. The van der Waals surface area contributed by atoms with Crippen molar-refractivity contribution >= 4 is 17.6 Å². The Balaban J connectivity index is 1.45. The van der Waals surface area contributed by atoms with Crippen LogP contribution in [-0.2, 0) is 0 Å². The summed E-state index contributed by atoms with van der Waals surface area (Å²) < 4.78 is 1.59. The zero-order valence-electron chi connectivity index (χ0n) is 13.3. The number of nitrogens with one attached hydrogen (secondary N) is 1. The predicted octanol–water partition coefficient (Wildman–Crippen LogP) is 0.468. The Labute approximate surface area is 137 Å². The lowest BCUT2D eigenvalue weighted by Gasteiger charge is -2.38. The number of fused-ring (bicyclic) bond motifs is 1. The van der Waals surface area contributed by atoms with E-state index < -0.39 is 0 Å². The van der Waals surface area contributed by atoms with Gasteiger partial charge in [-0.3, -0.25) is 4.79 Å². The van der Waals surface area contributed by atoms with Crippen molar-refractivity contribution in [3.8, 4) is 0 Å². The van der Waals surface area contributed by atoms with Crippen molar-refractivity contribution in [3.63, 3.8) is 0 Å². The first kappa shape index (κ1) is 14.5. The van der Waals surface area contributed by atoms with Gasteiger partial charge in [-0.15, -0.1) is 5.10 Å². The van der Waals surface area contributed by atoms with E-state index in [1.807, 2.05) is 19.9 Å². The van der Waals surface area contributed by atoms with Crippen LogP contribution in [0, 0.1) is 13.8 Å². The number of rotatable bonds is 3. The Bertz CT molecular complexity index is 900. The minimum atomic E-state index is -0.190. The zero-order valence-corrected chi connectivity index (χ0v) is 13.3. The van der Waals surface area contributed by atoms with Gasteiger partial charge in [0, 0.05) is 36.9 Å². The molecule has 0 saturated carbocycles. The minimum Gasteiger partial charge on any atom is -0.348 e. The van der Waals surface area contributed by atoms with Gasteiger partial charge in [0.05, 0.1) is 6.04 Å². The second-order valence-corrected chi connectivity index (χ2v) is 5.81. The first-order valence-corrected chi connectivity index (χ1v) is 7.64. The SMILES string of the molecule is Cc1cc(C)n2nc(C(=O)N3CC(Nc4ncccn4)C3)nc2n1. The van der Waals surface area contributed by atoms with Crippen molar-refractivity contribution in [1.82, 2.24) is 34.4 Å². The summed E-state index contributed by atoms with van der Waals surface area (Å²) in [6.07, 6.45) is 3.35. The molecule has 0 aromatic carbocycles. The fourth-order valence-electron chi connectivity index (χ4n) is 2.69. The Morgan fingerprint density at radius 1 is 1.21 bits per heavy atom. The Kier molecular flexibility index (Phi) is 3.33. The maximum Gasteiger partial charge on any atom is 0.293 e. The number of carbonyl (C=O) groups excluding carboxylic acids is 1. The first-order valence-electron chi connectivity index (χ1n) is 7.64. The molecule has 0 spiro atoms. The summed E-state index contributed by atoms with van der Waals surface area (Å²) in [5, 5.41) is 7.46. The normalized spacial score (nSPS) is 14.7. The standard InChI is InChI=1S/C15H16N8O/c1-9-6-10(2)23-15(18-9)20-12(21-23)13(24)22-7-11(8-22)19-14-16-4-3-5-17-14/h3-6,11H,7-8H2,1-2H3,(H,16,17,19). The first-order chi connectivity index (χ1) is 11.6. The highest BCUT2D eigenvalue weighted by molar-refractivity contribution is 5.91. The number of aryl methyl sites for hydroxylation is 2. The van der Waals surface area contributed by atoms with Crippen molar-refractivity contribution in [2.75, 3.05) is 18.4 Å². The number of hydrogen-bond donors (Lipinski definition) is 1. The number of aromatic nitrogens is 6. The van der Waals surface area contributed by atoms with Gasteiger partial charge in [-0.05, 0) is 26.0 Å². The highest BCUT2D eigenvalue weighted by atomic mass is 16.2. The van der Waals surface area contributed by atoms with Crippen molar-refractivity contribution < 1.29 is 4.79 Å². The van der Waals surface area contributed by atoms with E-state index in [0.717, 1.165) is 11.4 Å². The van der Waals surface area contributed by atoms with Gasteiger partial charge in [0.25, 0.3) is 11.7 Å². The van der Waals surface area contributed by atoms with Gasteiger partial charge in [0.1, 0.15) is 0 Å². The third-order valence-corrected chi connectivity index (χ3v) is 3.88. The number of hydrogen-bond acceptors (Lipinski definition) is 7. The predicted molar refractivity (Wildman–Crippen MR) is 85.6 cm³/mol. The third-order valence-electron chi connectivity index (χ3n) is 3.88. The smallest absolute Gasteiger partial charge is 0.293 e. The molecule has 1 aliphatic rings. The number of anilines is 1. The Hall–Kier alpha value is -3.10. The van der Waals surface area contributed by atoms with Gasteiger partial charge in [-0.25, -0.2) is 19.5 Å². The van der Waals surface area contributed by atoms with Crippen LogP contribution in [0.2, 0.25) is 0 Å². The van der Waals surface area contributed by atoms with Crippen LogP contribution >= 0.6 is 0 Å². The molecule has 0 bridgehead atoms. The lowest BCUT2D eigenvalue weighted by molar-refractivity contribution is 0.0612. The summed E-state index contributed by atoms with van der Waals surface area (Å²) in [4.78, 5) is 31.0. The minimum absolute atomic E-state index is 0.135. The van der Waals surface area contributed by atoms with E-state index in [-0.39, 0.29) is 17.8 Å². The summed E-state index contributed by atoms with van der Waals surface area (Å²) >= 11 is 0. The van der Waals surface area contributed by atoms with Crippen LogP contribution in [-0.4, -0.2) is 59.5 Å². The molecule has 3 aromatic heterocycles. The van der Waals surface area contributed by atoms with Crippen molar-refractivity contribution in [2.24, 2.45) is 0 Å². The van der Waals surface area contributed by atoms with E-state index in [0.29, 0.717) is 24.8 Å². The molecular weight excluding hydrogens is 308 g/mol. The number of amides is 1. The lowest BCUT2D eigenvalue weighted by Crippen LogP contribution is -2.57. The molecule has 4 rings (SSSR count). The van der Waals surface area contributed by atoms with Crippen molar-refractivity contribution in [1.29, 1.82) is 0 Å². The molecule has 9 heteroatoms. The molecule has 0 unspecified atom stereocenters. The molecule has 4 heterocycles. The van der Waals surface area contributed by atoms with Gasteiger partial charge in [0.2, 0.25) is 11.8 Å². The van der Waals surface area contributed by atoms with E-state index >= 15 is 0 Å². The molecule has 24 heavy (non-hydrogen) atoms. The summed E-state index contributed by atoms with van der Waals surface area (Å²) in [6, 6.07) is 3.80. The highest BCUT2D eigenvalue weighted by Gasteiger charge is 2.33. The quantitative estimate of drug-likeness (QED) is 0.747. The summed E-state index contributed by atoms with van der Waals surface area (Å²) in [7, 11) is 0. The van der Waals surface area contributed by atoms with Crippen LogP contribution in [0.5, 0.6) is 0 Å². The number of nitrogens with zero attached hydrogens (tertiary/aromatic N) is 7. The van der Waals surface area contributed by atoms with Crippen LogP contribution in [0.4, 0.5) is 5.95 Å². The maximum absolute atomic E-state index is 12.5. The largest absolute Gasteiger partial charge is 0.348 e. The van der Waals surface area contributed by atoms with Crippen LogP contribution < -0.4 is 5.32 Å². The zero-order chi connectivity index (χ0) is 16.7. The molecule has 0 radical (unpaired) electrons. The molecule has 3 aromatic rings. The van der Waals surface area contributed by atoms with Crippen molar-refractivity contribution in [3.05, 3.63) is 41.7 Å². The van der Waals surface area contributed by atoms with E-state index in [1.54, 1.807) is 27.9 Å². The topological polar surface area (TPSA) is 101 Å². The summed E-state index contributed by atoms with van der Waals surface area (Å²) in [5.74, 6) is 0.995. The van der Waals surface area contributed by atoms with E-state index in [9.17, 15) is 4.79 Å². The molecular formula is C15H16N8O.